The van der Waals surface area contributed by atoms with Crippen LogP contribution in [0, 0.1) is 0 Å². The second-order valence-electron chi connectivity index (χ2n) is 4.58. The van der Waals surface area contributed by atoms with Crippen LogP contribution in [0.15, 0.2) is 23.0 Å². The molecule has 13 heteroatoms. The third-order valence-electron chi connectivity index (χ3n) is 2.91. The smallest absolute Gasteiger partial charge is 0.870 e. The van der Waals surface area contributed by atoms with Crippen molar-refractivity contribution in [1.29, 1.82) is 0 Å². The molecule has 0 radical (unpaired) electrons. The van der Waals surface area contributed by atoms with Crippen LogP contribution in [0.1, 0.15) is 0 Å². The second-order valence-corrected chi connectivity index (χ2v) is 4.58. The molecule has 2 aliphatic rings. The molecule has 4 atom stereocenters. The number of hydrogen-bond donors (Lipinski definition) is 6. The van der Waals surface area contributed by atoms with Crippen LogP contribution in [0.5, 0.6) is 0 Å². The maximum Gasteiger partial charge on any atom is 2.00 e. The van der Waals surface area contributed by atoms with Crippen LogP contribution in [0.3, 0.4) is 0 Å². The van der Waals surface area contributed by atoms with Crippen molar-refractivity contribution in [1.82, 2.24) is 0 Å². The maximum absolute atomic E-state index is 10.8. The van der Waals surface area contributed by atoms with E-state index in [0.717, 1.165) is 0 Å². The second kappa shape index (κ2) is 10.2. The van der Waals surface area contributed by atoms with Crippen molar-refractivity contribution in [2.24, 2.45) is 0 Å². The van der Waals surface area contributed by atoms with E-state index in [9.17, 15) is 19.8 Å². The number of esters is 2. The van der Waals surface area contributed by atoms with Crippen molar-refractivity contribution in [3.05, 3.63) is 23.0 Å². The Hall–Kier alpha value is -1.06. The molecule has 0 aromatic heterocycles. The largest absolute Gasteiger partial charge is 2.00 e. The van der Waals surface area contributed by atoms with Crippen LogP contribution >= 0.6 is 0 Å². The van der Waals surface area contributed by atoms with Gasteiger partial charge in [0.15, 0.2) is 11.5 Å². The van der Waals surface area contributed by atoms with Gasteiger partial charge in [0.1, 0.15) is 24.4 Å². The van der Waals surface area contributed by atoms with Gasteiger partial charge in [-0.1, -0.05) is 0 Å². The van der Waals surface area contributed by atoms with E-state index >= 15 is 0 Å². The van der Waals surface area contributed by atoms with E-state index in [-0.39, 0.29) is 45.5 Å². The summed E-state index contributed by atoms with van der Waals surface area (Å²) in [7, 11) is 0. The Morgan fingerprint density at radius 1 is 0.840 bits per heavy atom. The minimum atomic E-state index is -1.48. The molecule has 0 unspecified atom stereocenters. The van der Waals surface area contributed by atoms with Gasteiger partial charge in [-0.05, 0) is 11.5 Å². The van der Waals surface area contributed by atoms with E-state index in [1.807, 2.05) is 0 Å². The number of carbonyl (C=O) groups excluding carboxylic acids is 2. The van der Waals surface area contributed by atoms with Gasteiger partial charge in [0, 0.05) is 0 Å². The van der Waals surface area contributed by atoms with Gasteiger partial charge in [-0.15, -0.1) is 0 Å². The number of aliphatic hydroxyl groups is 6. The normalized spacial score (nSPS) is 24.8. The Morgan fingerprint density at radius 2 is 1.12 bits per heavy atom. The molecule has 12 nitrogen and oxygen atoms in total. The third kappa shape index (κ3) is 5.46. The maximum atomic E-state index is 10.8. The molecule has 0 amide bonds. The van der Waals surface area contributed by atoms with E-state index in [4.69, 9.17) is 30.6 Å². The van der Waals surface area contributed by atoms with Gasteiger partial charge in [-0.2, -0.15) is 0 Å². The minimum Gasteiger partial charge on any atom is -0.870 e. The van der Waals surface area contributed by atoms with E-state index in [2.05, 4.69) is 9.47 Å². The minimum absolute atomic E-state index is 0. The zero-order valence-electron chi connectivity index (χ0n) is 12.6. The van der Waals surface area contributed by atoms with Gasteiger partial charge in [0.2, 0.25) is 0 Å². The summed E-state index contributed by atoms with van der Waals surface area (Å²) in [5.41, 5.74) is 0. The van der Waals surface area contributed by atoms with E-state index < -0.39 is 72.6 Å². The van der Waals surface area contributed by atoms with Crippen molar-refractivity contribution in [3.63, 3.8) is 0 Å². The molecular weight excluding hydrogens is 424 g/mol. The van der Waals surface area contributed by atoms with E-state index in [0.29, 0.717) is 0 Å². The molecule has 6 N–H and O–H groups in total. The van der Waals surface area contributed by atoms with Gasteiger partial charge in [-0.25, -0.2) is 9.59 Å². The zero-order valence-corrected chi connectivity index (χ0v) is 16.0. The summed E-state index contributed by atoms with van der Waals surface area (Å²) in [4.78, 5) is 21.0. The summed E-state index contributed by atoms with van der Waals surface area (Å²) in [6.07, 6.45) is -5.90. The van der Waals surface area contributed by atoms with Crippen molar-refractivity contribution in [2.75, 3.05) is 13.2 Å². The Kier molecular flexibility index (Phi) is 9.75. The SMILES string of the molecule is O=C1O[C@H]([C@@H](O)CO)C([O-])=C1O.O=C1O[C@H]([C@@H](O)CO)C([O-])=C1O.[Sr+2]. The predicted molar refractivity (Wildman–Crippen MR) is 71.0 cm³/mol. The van der Waals surface area contributed by atoms with Crippen LogP contribution in [-0.4, -0.2) is 126 Å². The summed E-state index contributed by atoms with van der Waals surface area (Å²) < 4.78 is 8.51. The third-order valence-corrected chi connectivity index (χ3v) is 2.91. The van der Waals surface area contributed by atoms with Crippen molar-refractivity contribution < 1.29 is 59.9 Å². The number of cyclic esters (lactones) is 2. The zero-order chi connectivity index (χ0) is 18.6. The fraction of sp³-hybridized carbons (Fsp3) is 0.500. The van der Waals surface area contributed by atoms with Crippen molar-refractivity contribution in [2.45, 2.75) is 24.4 Å². The number of aliphatic hydroxyl groups excluding tert-OH is 6. The van der Waals surface area contributed by atoms with Crippen LogP contribution in [0.4, 0.5) is 0 Å². The summed E-state index contributed by atoms with van der Waals surface area (Å²) in [6, 6.07) is 0. The Labute approximate surface area is 177 Å². The molecule has 0 spiro atoms. The average molecular weight is 438 g/mol. The number of rotatable bonds is 4. The molecule has 0 saturated heterocycles. The Balaban J connectivity index is 0.000000443. The molecular formula is C12H14O12Sr. The molecule has 2 rings (SSSR count). The molecule has 0 aliphatic carbocycles. The molecule has 0 aromatic carbocycles. The van der Waals surface area contributed by atoms with Crippen LogP contribution in [0.2, 0.25) is 0 Å². The summed E-state index contributed by atoms with van der Waals surface area (Å²) >= 11 is 0. The first-order valence-electron chi connectivity index (χ1n) is 6.35. The fourth-order valence-electron chi connectivity index (χ4n) is 1.62. The topological polar surface area (TPSA) is 220 Å². The van der Waals surface area contributed by atoms with Crippen molar-refractivity contribution >= 4 is 57.4 Å². The molecule has 136 valence electrons. The fourth-order valence-corrected chi connectivity index (χ4v) is 1.62. The molecule has 2 aliphatic heterocycles. The number of hydrogen-bond acceptors (Lipinski definition) is 12. The molecule has 0 bridgehead atoms. The standard InChI is InChI=1S/2C6H8O6.Sr/c2*7-1-2(8)5-3(9)4(10)6(11)12-5;/h2*2,5,7-10H,1H2;/q;;+2/p-2/t2*2-,5+;/m00./s1. The predicted octanol–water partition coefficient (Wildman–Crippen LogP) is -5.59. The summed E-state index contributed by atoms with van der Waals surface area (Å²) in [6.45, 7) is -1.42. The molecule has 0 saturated carbocycles. The quantitative estimate of drug-likeness (QED) is 0.179. The van der Waals surface area contributed by atoms with Crippen LogP contribution in [-0.2, 0) is 19.1 Å². The van der Waals surface area contributed by atoms with Gasteiger partial charge in [0.05, 0.1) is 13.2 Å². The average Bonchev–Trinajstić information content (AvgIpc) is 2.98. The van der Waals surface area contributed by atoms with Crippen LogP contribution < -0.4 is 10.2 Å². The first-order valence-corrected chi connectivity index (χ1v) is 6.35. The van der Waals surface area contributed by atoms with Gasteiger partial charge in [0.25, 0.3) is 0 Å². The van der Waals surface area contributed by atoms with E-state index in [1.165, 1.54) is 0 Å². The monoisotopic (exact) mass is 438 g/mol. The molecule has 25 heavy (non-hydrogen) atoms. The summed E-state index contributed by atoms with van der Waals surface area (Å²) in [5.74, 6) is -6.40. The molecule has 0 aromatic rings. The number of carbonyl (C=O) groups is 2. The Morgan fingerprint density at radius 3 is 1.28 bits per heavy atom. The Bertz CT molecular complexity index is 520. The van der Waals surface area contributed by atoms with Gasteiger partial charge in [-0.3, -0.25) is 0 Å². The molecule has 2 heterocycles. The van der Waals surface area contributed by atoms with Crippen molar-refractivity contribution in [3.8, 4) is 0 Å². The summed E-state index contributed by atoms with van der Waals surface area (Å²) in [5, 5.41) is 73.6. The first-order chi connectivity index (χ1) is 11.1. The van der Waals surface area contributed by atoms with Gasteiger partial charge < -0.3 is 50.3 Å². The van der Waals surface area contributed by atoms with Gasteiger partial charge >= 0.3 is 57.4 Å². The van der Waals surface area contributed by atoms with Crippen LogP contribution in [0.25, 0.3) is 0 Å². The van der Waals surface area contributed by atoms with E-state index in [1.54, 1.807) is 0 Å². The first kappa shape index (κ1) is 23.9. The molecule has 0 fully saturated rings. The number of ether oxygens (including phenoxy) is 2.